The lowest BCUT2D eigenvalue weighted by molar-refractivity contribution is -0.166. The summed E-state index contributed by atoms with van der Waals surface area (Å²) in [5.41, 5.74) is 0. The molecule has 0 aromatic heterocycles. The highest BCUT2D eigenvalue weighted by atomic mass is 16.6. The Morgan fingerprint density at radius 3 is 1.61 bits per heavy atom. The first-order chi connectivity index (χ1) is 11.1. The summed E-state index contributed by atoms with van der Waals surface area (Å²) in [7, 11) is 0. The summed E-state index contributed by atoms with van der Waals surface area (Å²) in [6.07, 6.45) is 1.01. The Morgan fingerprint density at radius 2 is 1.26 bits per heavy atom. The van der Waals surface area contributed by atoms with Crippen LogP contribution in [-0.2, 0) is 28.5 Å². The maximum absolute atomic E-state index is 12.6. The summed E-state index contributed by atoms with van der Waals surface area (Å²) in [6, 6.07) is 0. The molecule has 2 heterocycles. The van der Waals surface area contributed by atoms with E-state index in [2.05, 4.69) is 13.8 Å². The second-order valence-electron chi connectivity index (χ2n) is 7.50. The van der Waals surface area contributed by atoms with E-state index in [1.54, 1.807) is 0 Å². The molecule has 0 radical (unpaired) electrons. The van der Waals surface area contributed by atoms with Crippen molar-refractivity contribution in [2.24, 2.45) is 35.5 Å². The SMILES string of the molecule is CC1C(C)C2CC1C(C(=O)OCC1CO1)C2C(=O)OCC1CO1. The van der Waals surface area contributed by atoms with Gasteiger partial charge in [-0.15, -0.1) is 0 Å². The first-order valence-electron chi connectivity index (χ1n) is 8.62. The second-order valence-corrected chi connectivity index (χ2v) is 7.50. The smallest absolute Gasteiger partial charge is 0.310 e. The summed E-state index contributed by atoms with van der Waals surface area (Å²) in [4.78, 5) is 25.1. The molecule has 4 fully saturated rings. The van der Waals surface area contributed by atoms with Crippen LogP contribution in [0.25, 0.3) is 0 Å². The molecule has 2 saturated heterocycles. The van der Waals surface area contributed by atoms with E-state index in [1.165, 1.54) is 0 Å². The number of hydrogen-bond acceptors (Lipinski definition) is 6. The third kappa shape index (κ3) is 2.87. The lowest BCUT2D eigenvalue weighted by Crippen LogP contribution is -2.42. The summed E-state index contributed by atoms with van der Waals surface area (Å²) in [5, 5.41) is 0. The van der Waals surface area contributed by atoms with Crippen LogP contribution in [0.5, 0.6) is 0 Å². The minimum atomic E-state index is -0.363. The van der Waals surface area contributed by atoms with Gasteiger partial charge in [-0.05, 0) is 30.1 Å². The third-order valence-electron chi connectivity index (χ3n) is 6.21. The molecule has 4 rings (SSSR count). The number of fused-ring (bicyclic) bond motifs is 2. The zero-order valence-corrected chi connectivity index (χ0v) is 13.6. The zero-order valence-electron chi connectivity index (χ0n) is 13.6. The van der Waals surface area contributed by atoms with Gasteiger partial charge in [0.1, 0.15) is 25.4 Å². The lowest BCUT2D eigenvalue weighted by Gasteiger charge is -2.35. The molecule has 0 aromatic rings. The van der Waals surface area contributed by atoms with Gasteiger partial charge in [0.05, 0.1) is 25.0 Å². The molecule has 0 amide bonds. The van der Waals surface area contributed by atoms with E-state index in [0.717, 1.165) is 6.42 Å². The van der Waals surface area contributed by atoms with Gasteiger partial charge >= 0.3 is 11.9 Å². The summed E-state index contributed by atoms with van der Waals surface area (Å²) < 4.78 is 21.0. The quantitative estimate of drug-likeness (QED) is 0.536. The van der Waals surface area contributed by atoms with Crippen LogP contribution in [0.2, 0.25) is 0 Å². The molecule has 0 aromatic carbocycles. The van der Waals surface area contributed by atoms with Crippen molar-refractivity contribution in [2.75, 3.05) is 26.4 Å². The number of ether oxygens (including phenoxy) is 4. The Labute approximate surface area is 135 Å². The fourth-order valence-electron chi connectivity index (χ4n) is 4.52. The number of carbonyl (C=O) groups excluding carboxylic acids is 2. The van der Waals surface area contributed by atoms with Crippen LogP contribution < -0.4 is 0 Å². The van der Waals surface area contributed by atoms with Gasteiger partial charge in [0.25, 0.3) is 0 Å². The Balaban J connectivity index is 1.45. The maximum atomic E-state index is 12.6. The standard InChI is InChI=1S/C17H24O6/c1-8-9(2)13-3-12(8)14(16(18)22-6-10-4-20-10)15(13)17(19)23-7-11-5-21-11/h8-15H,3-7H2,1-2H3. The maximum Gasteiger partial charge on any atom is 0.310 e. The fourth-order valence-corrected chi connectivity index (χ4v) is 4.52. The fraction of sp³-hybridized carbons (Fsp3) is 0.882. The van der Waals surface area contributed by atoms with E-state index in [4.69, 9.17) is 18.9 Å². The van der Waals surface area contributed by atoms with Crippen molar-refractivity contribution in [1.82, 2.24) is 0 Å². The van der Waals surface area contributed by atoms with E-state index in [1.807, 2.05) is 0 Å². The zero-order chi connectivity index (χ0) is 16.1. The molecule has 6 nitrogen and oxygen atoms in total. The summed E-state index contributed by atoms with van der Waals surface area (Å²) in [6.45, 7) is 6.27. The average molecular weight is 324 g/mol. The van der Waals surface area contributed by atoms with Crippen molar-refractivity contribution in [3.63, 3.8) is 0 Å². The predicted octanol–water partition coefficient (Wildman–Crippen LogP) is 1.02. The van der Waals surface area contributed by atoms with E-state index in [9.17, 15) is 9.59 Å². The molecule has 23 heavy (non-hydrogen) atoms. The normalized spacial score (nSPS) is 46.5. The van der Waals surface area contributed by atoms with E-state index >= 15 is 0 Å². The van der Waals surface area contributed by atoms with E-state index in [-0.39, 0.29) is 47.8 Å². The molecule has 2 aliphatic heterocycles. The highest BCUT2D eigenvalue weighted by molar-refractivity contribution is 5.84. The molecule has 6 heteroatoms. The van der Waals surface area contributed by atoms with Gasteiger partial charge in [0.2, 0.25) is 0 Å². The second kappa shape index (κ2) is 5.74. The van der Waals surface area contributed by atoms with Crippen LogP contribution in [-0.4, -0.2) is 50.6 Å². The molecular formula is C17H24O6. The molecule has 2 aliphatic carbocycles. The highest BCUT2D eigenvalue weighted by Crippen LogP contribution is 2.58. The molecule has 8 unspecified atom stereocenters. The van der Waals surface area contributed by atoms with Gasteiger partial charge < -0.3 is 18.9 Å². The van der Waals surface area contributed by atoms with Gasteiger partial charge in [-0.2, -0.15) is 0 Å². The number of carbonyl (C=O) groups is 2. The van der Waals surface area contributed by atoms with Crippen molar-refractivity contribution in [3.05, 3.63) is 0 Å². The van der Waals surface area contributed by atoms with Crippen molar-refractivity contribution >= 4 is 11.9 Å². The molecule has 0 N–H and O–H groups in total. The first kappa shape index (κ1) is 15.4. The topological polar surface area (TPSA) is 77.7 Å². The third-order valence-corrected chi connectivity index (χ3v) is 6.21. The Bertz CT molecular complexity index is 453. The molecule has 2 saturated carbocycles. The van der Waals surface area contributed by atoms with Crippen molar-refractivity contribution in [1.29, 1.82) is 0 Å². The average Bonchev–Trinajstić information content (AvgIpc) is 3.45. The largest absolute Gasteiger partial charge is 0.463 e. The number of hydrogen-bond donors (Lipinski definition) is 0. The molecular weight excluding hydrogens is 300 g/mol. The van der Waals surface area contributed by atoms with E-state index < -0.39 is 0 Å². The molecule has 128 valence electrons. The van der Waals surface area contributed by atoms with Crippen LogP contribution in [0.4, 0.5) is 0 Å². The number of epoxide rings is 2. The van der Waals surface area contributed by atoms with Gasteiger partial charge in [-0.1, -0.05) is 13.8 Å². The minimum Gasteiger partial charge on any atom is -0.463 e. The van der Waals surface area contributed by atoms with Gasteiger partial charge in [0, 0.05) is 0 Å². The van der Waals surface area contributed by atoms with E-state index in [0.29, 0.717) is 38.3 Å². The van der Waals surface area contributed by atoms with Crippen molar-refractivity contribution in [2.45, 2.75) is 32.5 Å². The summed E-state index contributed by atoms with van der Waals surface area (Å²) >= 11 is 0. The first-order valence-corrected chi connectivity index (χ1v) is 8.62. The van der Waals surface area contributed by atoms with Crippen molar-refractivity contribution < 1.29 is 28.5 Å². The molecule has 0 spiro atoms. The lowest BCUT2D eigenvalue weighted by atomic mass is 9.69. The molecule has 2 bridgehead atoms. The van der Waals surface area contributed by atoms with Gasteiger partial charge in [-0.25, -0.2) is 0 Å². The van der Waals surface area contributed by atoms with Gasteiger partial charge in [-0.3, -0.25) is 9.59 Å². The Hall–Kier alpha value is -1.14. The molecule has 4 aliphatic rings. The Morgan fingerprint density at radius 1 is 0.870 bits per heavy atom. The number of rotatable bonds is 6. The van der Waals surface area contributed by atoms with Crippen LogP contribution in [0.3, 0.4) is 0 Å². The number of esters is 2. The van der Waals surface area contributed by atoms with Crippen LogP contribution in [0.15, 0.2) is 0 Å². The van der Waals surface area contributed by atoms with Crippen LogP contribution >= 0.6 is 0 Å². The Kier molecular flexibility index (Phi) is 3.84. The molecule has 8 atom stereocenters. The van der Waals surface area contributed by atoms with Gasteiger partial charge in [0.15, 0.2) is 0 Å². The minimum absolute atomic E-state index is 0.0475. The summed E-state index contributed by atoms with van der Waals surface area (Å²) in [5.74, 6) is 0.0775. The predicted molar refractivity (Wildman–Crippen MR) is 78.3 cm³/mol. The van der Waals surface area contributed by atoms with Crippen molar-refractivity contribution in [3.8, 4) is 0 Å². The van der Waals surface area contributed by atoms with Crippen LogP contribution in [0, 0.1) is 35.5 Å². The van der Waals surface area contributed by atoms with Crippen LogP contribution in [0.1, 0.15) is 20.3 Å². The highest BCUT2D eigenvalue weighted by Gasteiger charge is 2.61. The monoisotopic (exact) mass is 324 g/mol.